The summed E-state index contributed by atoms with van der Waals surface area (Å²) in [5.74, 6) is 0.238. The molecule has 1 fully saturated rings. The lowest BCUT2D eigenvalue weighted by Crippen LogP contribution is -2.38. The first-order valence-electron chi connectivity index (χ1n) is 7.35. The molecule has 1 heterocycles. The van der Waals surface area contributed by atoms with E-state index in [9.17, 15) is 4.79 Å². The number of rotatable bonds is 9. The molecule has 0 aromatic carbocycles. The maximum atomic E-state index is 12.0. The number of carbonyl (C=O) groups excluding carboxylic acids is 1. The van der Waals surface area contributed by atoms with Crippen LogP contribution in [0.1, 0.15) is 52.9 Å². The van der Waals surface area contributed by atoms with Gasteiger partial charge in [-0.25, -0.2) is 0 Å². The molecule has 4 heteroatoms. The SMILES string of the molecule is CCCCOCCCN1C(=O)C(C)NC1CCC. The highest BCUT2D eigenvalue weighted by atomic mass is 16.5. The van der Waals surface area contributed by atoms with Crippen molar-refractivity contribution in [1.82, 2.24) is 10.2 Å². The van der Waals surface area contributed by atoms with E-state index in [0.717, 1.165) is 45.4 Å². The Morgan fingerprint density at radius 1 is 1.22 bits per heavy atom. The summed E-state index contributed by atoms with van der Waals surface area (Å²) < 4.78 is 5.53. The summed E-state index contributed by atoms with van der Waals surface area (Å²) in [7, 11) is 0. The average Bonchev–Trinajstić information content (AvgIpc) is 2.61. The Morgan fingerprint density at radius 3 is 2.61 bits per heavy atom. The van der Waals surface area contributed by atoms with Crippen molar-refractivity contribution < 1.29 is 9.53 Å². The molecule has 0 radical (unpaired) electrons. The van der Waals surface area contributed by atoms with E-state index in [-0.39, 0.29) is 18.1 Å². The summed E-state index contributed by atoms with van der Waals surface area (Å²) >= 11 is 0. The van der Waals surface area contributed by atoms with Gasteiger partial charge in [-0.1, -0.05) is 26.7 Å². The lowest BCUT2D eigenvalue weighted by atomic mass is 10.2. The van der Waals surface area contributed by atoms with Crippen molar-refractivity contribution in [3.8, 4) is 0 Å². The molecule has 1 aliphatic rings. The van der Waals surface area contributed by atoms with Crippen LogP contribution in [0, 0.1) is 0 Å². The molecule has 0 saturated carbocycles. The van der Waals surface area contributed by atoms with Gasteiger partial charge in [-0.05, 0) is 26.2 Å². The predicted molar refractivity (Wildman–Crippen MR) is 73.4 cm³/mol. The minimum Gasteiger partial charge on any atom is -0.381 e. The highest BCUT2D eigenvalue weighted by molar-refractivity contribution is 5.83. The molecular formula is C14H28N2O2. The summed E-state index contributed by atoms with van der Waals surface area (Å²) in [6, 6.07) is -0.0254. The minimum absolute atomic E-state index is 0.0254. The number of carbonyl (C=O) groups is 1. The van der Waals surface area contributed by atoms with E-state index >= 15 is 0 Å². The molecular weight excluding hydrogens is 228 g/mol. The van der Waals surface area contributed by atoms with Gasteiger partial charge in [0.2, 0.25) is 5.91 Å². The molecule has 0 aromatic rings. The number of unbranched alkanes of at least 4 members (excludes halogenated alkanes) is 1. The van der Waals surface area contributed by atoms with Crippen molar-refractivity contribution in [2.45, 2.75) is 65.1 Å². The number of hydrogen-bond acceptors (Lipinski definition) is 3. The maximum absolute atomic E-state index is 12.0. The first-order chi connectivity index (χ1) is 8.70. The van der Waals surface area contributed by atoms with Gasteiger partial charge in [0.25, 0.3) is 0 Å². The van der Waals surface area contributed by atoms with E-state index in [0.29, 0.717) is 0 Å². The van der Waals surface area contributed by atoms with Gasteiger partial charge in [0.15, 0.2) is 0 Å². The zero-order valence-electron chi connectivity index (χ0n) is 12.1. The Hall–Kier alpha value is -0.610. The zero-order chi connectivity index (χ0) is 13.4. The van der Waals surface area contributed by atoms with Gasteiger partial charge in [-0.15, -0.1) is 0 Å². The molecule has 18 heavy (non-hydrogen) atoms. The second kappa shape index (κ2) is 8.48. The molecule has 1 saturated heterocycles. The molecule has 1 aliphatic heterocycles. The van der Waals surface area contributed by atoms with Gasteiger partial charge >= 0.3 is 0 Å². The molecule has 2 unspecified atom stereocenters. The van der Waals surface area contributed by atoms with Crippen LogP contribution in [0.5, 0.6) is 0 Å². The first-order valence-corrected chi connectivity index (χ1v) is 7.35. The fourth-order valence-electron chi connectivity index (χ4n) is 2.32. The first kappa shape index (κ1) is 15.4. The molecule has 0 aliphatic carbocycles. The highest BCUT2D eigenvalue weighted by Gasteiger charge is 2.34. The van der Waals surface area contributed by atoms with Crippen LogP contribution in [-0.2, 0) is 9.53 Å². The number of hydrogen-bond donors (Lipinski definition) is 1. The van der Waals surface area contributed by atoms with Crippen LogP contribution in [0.2, 0.25) is 0 Å². The maximum Gasteiger partial charge on any atom is 0.240 e. The van der Waals surface area contributed by atoms with Crippen molar-refractivity contribution >= 4 is 5.91 Å². The molecule has 2 atom stereocenters. The number of nitrogens with zero attached hydrogens (tertiary/aromatic N) is 1. The van der Waals surface area contributed by atoms with Gasteiger partial charge in [-0.3, -0.25) is 10.1 Å². The standard InChI is InChI=1S/C14H28N2O2/c1-4-6-10-18-11-7-9-16-13(8-5-2)15-12(3)14(16)17/h12-13,15H,4-11H2,1-3H3. The Kier molecular flexibility index (Phi) is 7.28. The smallest absolute Gasteiger partial charge is 0.240 e. The van der Waals surface area contributed by atoms with E-state index in [2.05, 4.69) is 19.2 Å². The molecule has 1 N–H and O–H groups in total. The average molecular weight is 256 g/mol. The second-order valence-electron chi connectivity index (χ2n) is 5.04. The molecule has 106 valence electrons. The molecule has 0 bridgehead atoms. The van der Waals surface area contributed by atoms with Crippen LogP contribution in [-0.4, -0.2) is 42.8 Å². The van der Waals surface area contributed by atoms with E-state index in [1.54, 1.807) is 0 Å². The zero-order valence-corrected chi connectivity index (χ0v) is 12.1. The van der Waals surface area contributed by atoms with Crippen LogP contribution in [0.4, 0.5) is 0 Å². The summed E-state index contributed by atoms with van der Waals surface area (Å²) in [4.78, 5) is 14.0. The van der Waals surface area contributed by atoms with Crippen LogP contribution in [0.3, 0.4) is 0 Å². The Morgan fingerprint density at radius 2 is 1.94 bits per heavy atom. The largest absolute Gasteiger partial charge is 0.381 e. The van der Waals surface area contributed by atoms with Gasteiger partial charge in [0.1, 0.15) is 0 Å². The second-order valence-corrected chi connectivity index (χ2v) is 5.04. The van der Waals surface area contributed by atoms with Crippen LogP contribution in [0.25, 0.3) is 0 Å². The third-order valence-electron chi connectivity index (χ3n) is 3.36. The number of nitrogens with one attached hydrogen (secondary N) is 1. The van der Waals surface area contributed by atoms with E-state index in [1.807, 2.05) is 11.8 Å². The van der Waals surface area contributed by atoms with Crippen LogP contribution < -0.4 is 5.32 Å². The van der Waals surface area contributed by atoms with Gasteiger partial charge in [0, 0.05) is 19.8 Å². The van der Waals surface area contributed by atoms with E-state index in [1.165, 1.54) is 6.42 Å². The van der Waals surface area contributed by atoms with E-state index < -0.39 is 0 Å². The summed E-state index contributed by atoms with van der Waals surface area (Å²) in [6.45, 7) is 8.68. The third kappa shape index (κ3) is 4.58. The number of ether oxygens (including phenoxy) is 1. The lowest BCUT2D eigenvalue weighted by Gasteiger charge is -2.23. The topological polar surface area (TPSA) is 41.6 Å². The molecule has 1 amide bonds. The molecule has 0 spiro atoms. The predicted octanol–water partition coefficient (Wildman–Crippen LogP) is 2.14. The normalized spacial score (nSPS) is 23.9. The monoisotopic (exact) mass is 256 g/mol. The molecule has 4 nitrogen and oxygen atoms in total. The minimum atomic E-state index is -0.0254. The Balaban J connectivity index is 2.23. The van der Waals surface area contributed by atoms with Crippen LogP contribution in [0.15, 0.2) is 0 Å². The third-order valence-corrected chi connectivity index (χ3v) is 3.36. The Bertz CT molecular complexity index is 246. The summed E-state index contributed by atoms with van der Waals surface area (Å²) in [6.07, 6.45) is 5.59. The van der Waals surface area contributed by atoms with Crippen LogP contribution >= 0.6 is 0 Å². The Labute approximate surface area is 111 Å². The lowest BCUT2D eigenvalue weighted by molar-refractivity contribution is -0.130. The summed E-state index contributed by atoms with van der Waals surface area (Å²) in [5.41, 5.74) is 0. The van der Waals surface area contributed by atoms with Gasteiger partial charge in [0.05, 0.1) is 12.2 Å². The van der Waals surface area contributed by atoms with Crippen molar-refractivity contribution in [2.75, 3.05) is 19.8 Å². The van der Waals surface area contributed by atoms with Crippen molar-refractivity contribution in [1.29, 1.82) is 0 Å². The summed E-state index contributed by atoms with van der Waals surface area (Å²) in [5, 5.41) is 3.35. The molecule has 1 rings (SSSR count). The fraction of sp³-hybridized carbons (Fsp3) is 0.929. The van der Waals surface area contributed by atoms with Crippen molar-refractivity contribution in [3.05, 3.63) is 0 Å². The van der Waals surface area contributed by atoms with Crippen molar-refractivity contribution in [2.24, 2.45) is 0 Å². The fourth-order valence-corrected chi connectivity index (χ4v) is 2.32. The van der Waals surface area contributed by atoms with Crippen molar-refractivity contribution in [3.63, 3.8) is 0 Å². The molecule has 0 aromatic heterocycles. The quantitative estimate of drug-likeness (QED) is 0.643. The van der Waals surface area contributed by atoms with Gasteiger partial charge < -0.3 is 9.64 Å². The number of amides is 1. The van der Waals surface area contributed by atoms with E-state index in [4.69, 9.17) is 4.74 Å². The highest BCUT2D eigenvalue weighted by Crippen LogP contribution is 2.15. The van der Waals surface area contributed by atoms with Gasteiger partial charge in [-0.2, -0.15) is 0 Å².